The van der Waals surface area contributed by atoms with E-state index in [-0.39, 0.29) is 11.9 Å². The Kier molecular flexibility index (Phi) is 8.82. The van der Waals surface area contributed by atoms with Crippen LogP contribution in [-0.2, 0) is 24.3 Å². The summed E-state index contributed by atoms with van der Waals surface area (Å²) in [7, 11) is 1.04. The number of hydrogen-bond donors (Lipinski definition) is 0. The maximum absolute atomic E-state index is 13.2. The van der Waals surface area contributed by atoms with Crippen molar-refractivity contribution in [2.75, 3.05) is 67.9 Å². The van der Waals surface area contributed by atoms with E-state index in [1.807, 2.05) is 36.4 Å². The van der Waals surface area contributed by atoms with Crippen LogP contribution in [-0.4, -0.2) is 79.2 Å². The highest BCUT2D eigenvalue weighted by Crippen LogP contribution is 2.41. The van der Waals surface area contributed by atoms with Gasteiger partial charge in [0, 0.05) is 57.5 Å². The van der Waals surface area contributed by atoms with Crippen molar-refractivity contribution in [3.63, 3.8) is 0 Å². The zero-order valence-electron chi connectivity index (χ0n) is 23.0. The van der Waals surface area contributed by atoms with Crippen molar-refractivity contribution < 1.29 is 22.7 Å². The first-order chi connectivity index (χ1) is 18.1. The molecule has 2 heterocycles. The highest BCUT2D eigenvalue weighted by atomic mass is 32.2. The summed E-state index contributed by atoms with van der Waals surface area (Å²) in [6.07, 6.45) is 4.07. The number of benzene rings is 1. The molecule has 0 radical (unpaired) electrons. The summed E-state index contributed by atoms with van der Waals surface area (Å²) >= 11 is 0. The quantitative estimate of drug-likeness (QED) is 0.397. The van der Waals surface area contributed by atoms with E-state index < -0.39 is 16.1 Å². The van der Waals surface area contributed by atoms with Gasteiger partial charge in [-0.2, -0.15) is 0 Å². The summed E-state index contributed by atoms with van der Waals surface area (Å²) in [5, 5.41) is 0. The second kappa shape index (κ2) is 11.9. The number of carbonyl (C=O) groups excluding carboxylic acids is 1. The van der Waals surface area contributed by atoms with E-state index in [4.69, 9.17) is 14.5 Å². The molecule has 1 saturated heterocycles. The van der Waals surface area contributed by atoms with E-state index in [0.29, 0.717) is 43.2 Å². The van der Waals surface area contributed by atoms with Crippen molar-refractivity contribution in [1.29, 1.82) is 0 Å². The first-order valence-corrected chi connectivity index (χ1v) is 15.1. The Hall–Kier alpha value is -2.85. The van der Waals surface area contributed by atoms with Gasteiger partial charge in [-0.25, -0.2) is 18.2 Å². The van der Waals surface area contributed by atoms with Crippen LogP contribution in [0.1, 0.15) is 37.7 Å². The fourth-order valence-electron chi connectivity index (χ4n) is 5.33. The third-order valence-electron chi connectivity index (χ3n) is 7.86. The van der Waals surface area contributed by atoms with Crippen LogP contribution in [0.25, 0.3) is 0 Å². The number of carbonyl (C=O) groups is 1. The summed E-state index contributed by atoms with van der Waals surface area (Å²) in [4.78, 5) is 22.3. The minimum Gasteiger partial charge on any atom is -0.467 e. The molecule has 0 N–H and O–H groups in total. The third-order valence-corrected chi connectivity index (χ3v) is 9.04. The molecule has 4 rings (SSSR count). The zero-order valence-corrected chi connectivity index (χ0v) is 23.9. The molecular formula is C28H40N4O5S. The molecule has 1 aliphatic carbocycles. The molecule has 0 amide bonds. The minimum atomic E-state index is -3.55. The van der Waals surface area contributed by atoms with Gasteiger partial charge in [0.1, 0.15) is 17.7 Å². The smallest absolute Gasteiger partial charge is 0.329 e. The number of hydrogen-bond acceptors (Lipinski definition) is 8. The van der Waals surface area contributed by atoms with E-state index >= 15 is 0 Å². The zero-order chi connectivity index (χ0) is 27.4. The topological polar surface area (TPSA) is 92.3 Å². The molecule has 0 bridgehead atoms. The van der Waals surface area contributed by atoms with Crippen LogP contribution < -0.4 is 14.1 Å². The van der Waals surface area contributed by atoms with Crippen molar-refractivity contribution in [3.8, 4) is 0 Å². The molecule has 10 heteroatoms. The number of anilines is 3. The molecule has 0 spiro atoms. The Balaban J connectivity index is 1.80. The molecule has 9 nitrogen and oxygen atoms in total. The largest absolute Gasteiger partial charge is 0.467 e. The fraction of sp³-hybridized carbons (Fsp3) is 0.571. The molecule has 0 unspecified atom stereocenters. The molecular weight excluding hydrogens is 504 g/mol. The van der Waals surface area contributed by atoms with Gasteiger partial charge in [-0.1, -0.05) is 37.3 Å². The number of sulfonamides is 1. The molecule has 1 aromatic carbocycles. The van der Waals surface area contributed by atoms with Gasteiger partial charge in [0.2, 0.25) is 10.0 Å². The highest BCUT2D eigenvalue weighted by Gasteiger charge is 2.40. The third kappa shape index (κ3) is 6.40. The number of ether oxygens (including phenoxy) is 2. The van der Waals surface area contributed by atoms with Crippen LogP contribution in [0.15, 0.2) is 42.5 Å². The first kappa shape index (κ1) is 28.2. The molecule has 2 aromatic rings. The fourth-order valence-corrected chi connectivity index (χ4v) is 5.76. The van der Waals surface area contributed by atoms with Crippen LogP contribution in [0.2, 0.25) is 0 Å². The Bertz CT molecular complexity index is 1210. The summed E-state index contributed by atoms with van der Waals surface area (Å²) in [5.41, 5.74) is 1.84. The SMILES string of the molecule is COCCN(C[C@H]1C[C@@H]1C)c1cc(N2CCC[C@@H](c3ccccc3)[C@H]2C(=O)OC)cc(N(C)S(C)(=O)=O)n1. The van der Waals surface area contributed by atoms with Crippen LogP contribution in [0.5, 0.6) is 0 Å². The summed E-state index contributed by atoms with van der Waals surface area (Å²) in [6.45, 7) is 4.85. The van der Waals surface area contributed by atoms with Crippen LogP contribution in [0.4, 0.5) is 17.3 Å². The number of nitrogens with zero attached hydrogens (tertiary/aromatic N) is 4. The summed E-state index contributed by atoms with van der Waals surface area (Å²) in [5.74, 6) is 1.85. The van der Waals surface area contributed by atoms with Gasteiger partial charge in [-0.05, 0) is 36.7 Å². The van der Waals surface area contributed by atoms with Crippen molar-refractivity contribution in [1.82, 2.24) is 4.98 Å². The normalized spacial score (nSPS) is 23.1. The lowest BCUT2D eigenvalue weighted by Crippen LogP contribution is -2.50. The standard InChI is InChI=1S/C28H40N4O5S/c1-20-16-22(20)19-31(14-15-36-3)26-18-23(17-25(29-26)30(2)38(5,34)35)32-13-9-12-24(27(32)28(33)37-4)21-10-7-6-8-11-21/h6-8,10-11,17-18,20,22,24,27H,9,12-16,19H2,1-5H3/t20-,22+,24-,27-/m0/s1. The van der Waals surface area contributed by atoms with E-state index in [1.54, 1.807) is 13.2 Å². The minimum absolute atomic E-state index is 0.0537. The monoisotopic (exact) mass is 544 g/mol. The first-order valence-electron chi connectivity index (χ1n) is 13.2. The number of esters is 1. The van der Waals surface area contributed by atoms with Gasteiger partial charge in [-0.3, -0.25) is 4.31 Å². The Morgan fingerprint density at radius 2 is 1.84 bits per heavy atom. The Labute approximate surface area is 226 Å². The van der Waals surface area contributed by atoms with E-state index in [9.17, 15) is 13.2 Å². The number of aromatic nitrogens is 1. The van der Waals surface area contributed by atoms with Crippen molar-refractivity contribution >= 4 is 33.3 Å². The van der Waals surface area contributed by atoms with Crippen molar-refractivity contribution in [3.05, 3.63) is 48.0 Å². The Morgan fingerprint density at radius 1 is 1.16 bits per heavy atom. The van der Waals surface area contributed by atoms with Crippen LogP contribution in [0.3, 0.4) is 0 Å². The van der Waals surface area contributed by atoms with E-state index in [2.05, 4.69) is 16.7 Å². The molecule has 38 heavy (non-hydrogen) atoms. The molecule has 208 valence electrons. The molecule has 1 aromatic heterocycles. The van der Waals surface area contributed by atoms with Gasteiger partial charge in [-0.15, -0.1) is 0 Å². The lowest BCUT2D eigenvalue weighted by Gasteiger charge is -2.41. The summed E-state index contributed by atoms with van der Waals surface area (Å²) < 4.78 is 36.9. The van der Waals surface area contributed by atoms with E-state index in [1.165, 1.54) is 24.7 Å². The number of rotatable bonds is 11. The summed E-state index contributed by atoms with van der Waals surface area (Å²) in [6, 6.07) is 13.2. The average Bonchev–Trinajstić information content (AvgIpc) is 3.63. The van der Waals surface area contributed by atoms with Crippen LogP contribution in [0, 0.1) is 11.8 Å². The predicted molar refractivity (Wildman–Crippen MR) is 150 cm³/mol. The molecule has 2 fully saturated rings. The van der Waals surface area contributed by atoms with Gasteiger partial charge in [0.05, 0.1) is 20.0 Å². The van der Waals surface area contributed by atoms with Crippen molar-refractivity contribution in [2.45, 2.75) is 38.1 Å². The molecule has 4 atom stereocenters. The number of pyridine rings is 1. The highest BCUT2D eigenvalue weighted by molar-refractivity contribution is 7.92. The lowest BCUT2D eigenvalue weighted by molar-refractivity contribution is -0.143. The predicted octanol–water partition coefficient (Wildman–Crippen LogP) is 3.51. The van der Waals surface area contributed by atoms with Gasteiger partial charge in [0.15, 0.2) is 0 Å². The van der Waals surface area contributed by atoms with Gasteiger partial charge in [0.25, 0.3) is 0 Å². The van der Waals surface area contributed by atoms with Crippen molar-refractivity contribution in [2.24, 2.45) is 11.8 Å². The number of methoxy groups -OCH3 is 2. The average molecular weight is 545 g/mol. The molecule has 2 aliphatic rings. The molecule has 1 aliphatic heterocycles. The number of piperidine rings is 1. The maximum atomic E-state index is 13.2. The second-order valence-electron chi connectivity index (χ2n) is 10.5. The van der Waals surface area contributed by atoms with E-state index in [0.717, 1.165) is 37.1 Å². The van der Waals surface area contributed by atoms with Gasteiger partial charge >= 0.3 is 5.97 Å². The Morgan fingerprint density at radius 3 is 2.45 bits per heavy atom. The molecule has 1 saturated carbocycles. The lowest BCUT2D eigenvalue weighted by atomic mass is 9.83. The van der Waals surface area contributed by atoms with Crippen LogP contribution >= 0.6 is 0 Å². The van der Waals surface area contributed by atoms with Gasteiger partial charge < -0.3 is 19.3 Å². The maximum Gasteiger partial charge on any atom is 0.329 e. The second-order valence-corrected chi connectivity index (χ2v) is 12.5.